The van der Waals surface area contributed by atoms with Crippen LogP contribution in [0.15, 0.2) is 24.3 Å². The fourth-order valence-electron chi connectivity index (χ4n) is 3.74. The maximum atomic E-state index is 5.45. The Morgan fingerprint density at radius 2 is 1.19 bits per heavy atom. The first-order valence-electron chi connectivity index (χ1n) is 9.71. The largest absolute Gasteiger partial charge is 0.497 e. The molecule has 0 radical (unpaired) electrons. The van der Waals surface area contributed by atoms with E-state index in [0.29, 0.717) is 0 Å². The van der Waals surface area contributed by atoms with E-state index < -0.39 is 0 Å². The minimum absolute atomic E-state index is 0.0543. The number of methoxy groups -OCH3 is 2. The van der Waals surface area contributed by atoms with Crippen LogP contribution in [0.5, 0.6) is 11.5 Å². The third-order valence-electron chi connectivity index (χ3n) is 5.08. The first-order valence-corrected chi connectivity index (χ1v) is 9.71. The molecular weight excluding hydrogens is 331 g/mol. The molecule has 0 amide bonds. The van der Waals surface area contributed by atoms with Gasteiger partial charge in [0.05, 0.1) is 14.2 Å². The van der Waals surface area contributed by atoms with Crippen LogP contribution in [0, 0.1) is 39.4 Å². The number of ether oxygens (including phenoxy) is 2. The zero-order valence-corrected chi connectivity index (χ0v) is 17.8. The van der Waals surface area contributed by atoms with Crippen LogP contribution in [0.25, 0.3) is 0 Å². The summed E-state index contributed by atoms with van der Waals surface area (Å²) in [4.78, 5) is 0. The van der Waals surface area contributed by atoms with Crippen molar-refractivity contribution in [1.29, 1.82) is 0 Å². The van der Waals surface area contributed by atoms with Crippen LogP contribution in [-0.2, 0) is 0 Å². The molecule has 0 fully saturated rings. The molecule has 2 aromatic carbocycles. The Hall–Kier alpha value is -2.34. The highest BCUT2D eigenvalue weighted by Crippen LogP contribution is 2.18. The lowest BCUT2D eigenvalue weighted by molar-refractivity contribution is 0.414. The molecule has 27 heavy (non-hydrogen) atoms. The number of benzene rings is 2. The van der Waals surface area contributed by atoms with E-state index in [4.69, 9.17) is 9.47 Å². The minimum Gasteiger partial charge on any atom is -0.497 e. The van der Waals surface area contributed by atoms with Gasteiger partial charge >= 0.3 is 0 Å². The molecule has 2 nitrogen and oxygen atoms in total. The van der Waals surface area contributed by atoms with Gasteiger partial charge in [-0.15, -0.1) is 11.7 Å². The van der Waals surface area contributed by atoms with Crippen LogP contribution in [0.2, 0.25) is 0 Å². The van der Waals surface area contributed by atoms with Gasteiger partial charge in [0.1, 0.15) is 11.5 Å². The maximum Gasteiger partial charge on any atom is 0.297 e. The molecule has 0 aliphatic carbocycles. The van der Waals surface area contributed by atoms with Crippen molar-refractivity contribution in [3.05, 3.63) is 46.5 Å². The van der Waals surface area contributed by atoms with E-state index >= 15 is 0 Å². The Bertz CT molecular complexity index is 753. The predicted octanol–water partition coefficient (Wildman–Crippen LogP) is 4.28. The second-order valence-corrected chi connectivity index (χ2v) is 7.21. The summed E-state index contributed by atoms with van der Waals surface area (Å²) >= 11 is 0. The van der Waals surface area contributed by atoms with Gasteiger partial charge in [0.2, 0.25) is 0 Å². The topological polar surface area (TPSA) is 18.5 Å². The van der Waals surface area contributed by atoms with Gasteiger partial charge in [-0.1, -0.05) is 46.5 Å². The highest BCUT2D eigenvalue weighted by atomic mass is 16.5. The van der Waals surface area contributed by atoms with Crippen molar-refractivity contribution in [2.75, 3.05) is 14.2 Å². The average molecular weight is 362 g/mol. The Balaban J connectivity index is 2.65. The lowest BCUT2D eigenvalue weighted by atomic mass is 9.38. The maximum absolute atomic E-state index is 5.45. The lowest BCUT2D eigenvalue weighted by Gasteiger charge is -2.20. The number of hydrogen-bond donors (Lipinski definition) is 0. The van der Waals surface area contributed by atoms with Crippen molar-refractivity contribution in [1.82, 2.24) is 0 Å². The summed E-state index contributed by atoms with van der Waals surface area (Å²) < 4.78 is 10.9. The van der Waals surface area contributed by atoms with E-state index in [-0.39, 0.29) is 6.71 Å². The molecule has 0 bridgehead atoms. The van der Waals surface area contributed by atoms with Crippen LogP contribution in [0.4, 0.5) is 0 Å². The summed E-state index contributed by atoms with van der Waals surface area (Å²) in [5.74, 6) is 8.83. The molecule has 0 heterocycles. The summed E-state index contributed by atoms with van der Waals surface area (Å²) in [7, 11) is 3.43. The fraction of sp³-hybridized carbons (Fsp3) is 0.417. The van der Waals surface area contributed by atoms with Gasteiger partial charge in [-0.2, -0.15) is 0 Å². The van der Waals surface area contributed by atoms with Gasteiger partial charge < -0.3 is 9.47 Å². The third-order valence-corrected chi connectivity index (χ3v) is 5.08. The molecule has 0 aliphatic rings. The molecule has 0 saturated carbocycles. The predicted molar refractivity (Wildman–Crippen MR) is 117 cm³/mol. The molecule has 0 unspecified atom stereocenters. The van der Waals surface area contributed by atoms with E-state index in [1.54, 1.807) is 14.2 Å². The van der Waals surface area contributed by atoms with Crippen LogP contribution in [0.1, 0.15) is 48.4 Å². The molecule has 0 aromatic heterocycles. The summed E-state index contributed by atoms with van der Waals surface area (Å²) in [6, 6.07) is 8.43. The Morgan fingerprint density at radius 3 is 1.52 bits per heavy atom. The Labute approximate surface area is 165 Å². The summed E-state index contributed by atoms with van der Waals surface area (Å²) in [5.41, 5.74) is 7.45. The van der Waals surface area contributed by atoms with Gasteiger partial charge in [-0.3, -0.25) is 0 Å². The summed E-state index contributed by atoms with van der Waals surface area (Å²) in [5, 5.41) is 0. The molecule has 0 aliphatic heterocycles. The van der Waals surface area contributed by atoms with E-state index in [9.17, 15) is 0 Å². The molecular formula is C24H31BO2. The SMILES string of the molecule is CCCCC#CB(c1c(C)cc(OC)cc1C)c1c(C)cc(OC)cc1C. The van der Waals surface area contributed by atoms with Crippen molar-refractivity contribution in [3.8, 4) is 23.2 Å². The molecule has 0 saturated heterocycles. The average Bonchev–Trinajstić information content (AvgIpc) is 2.63. The monoisotopic (exact) mass is 362 g/mol. The molecule has 2 rings (SSSR count). The quantitative estimate of drug-likeness (QED) is 0.434. The van der Waals surface area contributed by atoms with Crippen LogP contribution < -0.4 is 20.4 Å². The van der Waals surface area contributed by atoms with Crippen molar-refractivity contribution >= 4 is 17.6 Å². The molecule has 0 N–H and O–H groups in total. The van der Waals surface area contributed by atoms with Crippen molar-refractivity contribution in [3.63, 3.8) is 0 Å². The van der Waals surface area contributed by atoms with Gasteiger partial charge in [0.25, 0.3) is 6.71 Å². The molecule has 0 atom stereocenters. The number of unbranched alkanes of at least 4 members (excludes halogenated alkanes) is 2. The normalized spacial score (nSPS) is 10.2. The van der Waals surface area contributed by atoms with Crippen molar-refractivity contribution in [2.24, 2.45) is 0 Å². The standard InChI is InChI=1S/C24H31BO2/c1-8-9-10-11-12-25(23-17(2)13-21(26-6)14-18(23)3)24-19(4)15-22(27-7)16-20(24)5/h13-16H,8-10H2,1-7H3. The Kier molecular flexibility index (Phi) is 7.42. The second-order valence-electron chi connectivity index (χ2n) is 7.21. The number of hydrogen-bond acceptors (Lipinski definition) is 2. The Morgan fingerprint density at radius 1 is 0.778 bits per heavy atom. The molecule has 2 aromatic rings. The smallest absolute Gasteiger partial charge is 0.297 e. The number of aryl methyl sites for hydroxylation is 4. The van der Waals surface area contributed by atoms with Gasteiger partial charge in [-0.05, 0) is 58.4 Å². The van der Waals surface area contributed by atoms with Gasteiger partial charge in [-0.25, -0.2) is 0 Å². The molecule has 142 valence electrons. The van der Waals surface area contributed by atoms with E-state index in [1.165, 1.54) is 39.6 Å². The first kappa shape index (κ1) is 21.0. The van der Waals surface area contributed by atoms with Crippen LogP contribution >= 0.6 is 0 Å². The van der Waals surface area contributed by atoms with Crippen LogP contribution in [-0.4, -0.2) is 20.9 Å². The highest BCUT2D eigenvalue weighted by molar-refractivity contribution is 6.92. The minimum atomic E-state index is 0.0543. The molecule has 3 heteroatoms. The van der Waals surface area contributed by atoms with Crippen LogP contribution in [0.3, 0.4) is 0 Å². The zero-order valence-electron chi connectivity index (χ0n) is 17.8. The summed E-state index contributed by atoms with van der Waals surface area (Å²) in [6.07, 6.45) is 3.25. The van der Waals surface area contributed by atoms with Gasteiger partial charge in [0.15, 0.2) is 0 Å². The number of rotatable bonds is 6. The summed E-state index contributed by atoms with van der Waals surface area (Å²) in [6.45, 7) is 10.9. The van der Waals surface area contributed by atoms with Crippen molar-refractivity contribution < 1.29 is 9.47 Å². The van der Waals surface area contributed by atoms with E-state index in [1.807, 2.05) is 0 Å². The third kappa shape index (κ3) is 4.89. The molecule has 0 spiro atoms. The highest BCUT2D eigenvalue weighted by Gasteiger charge is 2.25. The van der Waals surface area contributed by atoms with Gasteiger partial charge in [0, 0.05) is 6.42 Å². The lowest BCUT2D eigenvalue weighted by Crippen LogP contribution is -2.46. The van der Waals surface area contributed by atoms with Crippen molar-refractivity contribution in [2.45, 2.75) is 53.9 Å². The van der Waals surface area contributed by atoms with E-state index in [0.717, 1.165) is 24.3 Å². The second kappa shape index (κ2) is 9.56. The zero-order chi connectivity index (χ0) is 20.0. The van der Waals surface area contributed by atoms with E-state index in [2.05, 4.69) is 70.6 Å². The fourth-order valence-corrected chi connectivity index (χ4v) is 3.74. The first-order chi connectivity index (χ1) is 12.9.